The van der Waals surface area contributed by atoms with Crippen molar-refractivity contribution in [2.75, 3.05) is 12.1 Å². The predicted octanol–water partition coefficient (Wildman–Crippen LogP) is 1.50. The number of amides is 1. The van der Waals surface area contributed by atoms with Gasteiger partial charge in [-0.15, -0.1) is 0 Å². The molecule has 2 aromatic heterocycles. The quantitative estimate of drug-likeness (QED) is 0.738. The Kier molecular flexibility index (Phi) is 3.81. The number of anilines is 1. The van der Waals surface area contributed by atoms with E-state index in [1.807, 2.05) is 0 Å². The number of rotatable bonds is 4. The fourth-order valence-corrected chi connectivity index (χ4v) is 3.47. The Hall–Kier alpha value is -3.40. The van der Waals surface area contributed by atoms with Gasteiger partial charge in [0.25, 0.3) is 15.9 Å². The number of carbonyl (C=O) groups is 1. The van der Waals surface area contributed by atoms with E-state index in [-0.39, 0.29) is 23.1 Å². The minimum Gasteiger partial charge on any atom is -0.454 e. The maximum atomic E-state index is 12.7. The average molecular weight is 372 g/mol. The van der Waals surface area contributed by atoms with Gasteiger partial charge in [-0.05, 0) is 24.3 Å². The molecular formula is C16H12N4O5S. The minimum absolute atomic E-state index is 0.00699. The molecule has 0 aliphatic carbocycles. The van der Waals surface area contributed by atoms with Crippen LogP contribution in [0.25, 0.3) is 0 Å². The maximum Gasteiger partial charge on any atom is 0.283 e. The lowest BCUT2D eigenvalue weighted by molar-refractivity contribution is 0.102. The van der Waals surface area contributed by atoms with E-state index in [0.717, 1.165) is 4.09 Å². The largest absolute Gasteiger partial charge is 0.454 e. The summed E-state index contributed by atoms with van der Waals surface area (Å²) >= 11 is 0. The van der Waals surface area contributed by atoms with Crippen LogP contribution in [0.1, 0.15) is 10.5 Å². The highest BCUT2D eigenvalue weighted by Crippen LogP contribution is 2.34. The van der Waals surface area contributed by atoms with Crippen LogP contribution in [0, 0.1) is 0 Å². The smallest absolute Gasteiger partial charge is 0.283 e. The molecule has 0 radical (unpaired) electrons. The van der Waals surface area contributed by atoms with Crippen LogP contribution in [0.3, 0.4) is 0 Å². The molecule has 1 aliphatic rings. The summed E-state index contributed by atoms with van der Waals surface area (Å²) in [5.41, 5.74) is 0.434. The van der Waals surface area contributed by atoms with E-state index in [2.05, 4.69) is 15.4 Å². The molecule has 0 saturated carbocycles. The number of nitrogens with one attached hydrogen (secondary N) is 1. The molecule has 0 atom stereocenters. The van der Waals surface area contributed by atoms with Gasteiger partial charge < -0.3 is 14.8 Å². The van der Waals surface area contributed by atoms with Crippen molar-refractivity contribution in [3.63, 3.8) is 0 Å². The van der Waals surface area contributed by atoms with Gasteiger partial charge >= 0.3 is 0 Å². The fraction of sp³-hybridized carbons (Fsp3) is 0.0625. The first-order valence-corrected chi connectivity index (χ1v) is 8.90. The Balaban J connectivity index is 1.58. The molecule has 1 aromatic carbocycles. The highest BCUT2D eigenvalue weighted by Gasteiger charge is 2.23. The van der Waals surface area contributed by atoms with Gasteiger partial charge in [-0.1, -0.05) is 6.07 Å². The molecule has 10 heteroatoms. The zero-order valence-electron chi connectivity index (χ0n) is 13.2. The standard InChI is InChI=1S/C16H12N4O5S/c21-16(13-3-1-2-6-17-13)19-11-8-18-20(9-11)26(22,23)12-4-5-14-15(7-12)25-10-24-14/h1-9H,10H2,(H,19,21). The maximum absolute atomic E-state index is 12.7. The number of carbonyl (C=O) groups excluding carboxylic acids is 1. The van der Waals surface area contributed by atoms with Crippen LogP contribution >= 0.6 is 0 Å². The first-order valence-electron chi connectivity index (χ1n) is 7.46. The summed E-state index contributed by atoms with van der Waals surface area (Å²) in [5, 5.41) is 6.38. The third kappa shape index (κ3) is 2.86. The summed E-state index contributed by atoms with van der Waals surface area (Å²) < 4.78 is 36.5. The summed E-state index contributed by atoms with van der Waals surface area (Å²) in [6.45, 7) is 0.0459. The molecule has 3 heterocycles. The molecule has 132 valence electrons. The number of pyridine rings is 1. The second kappa shape index (κ2) is 6.15. The molecule has 3 aromatic rings. The highest BCUT2D eigenvalue weighted by molar-refractivity contribution is 7.89. The molecular weight excluding hydrogens is 360 g/mol. The highest BCUT2D eigenvalue weighted by atomic mass is 32.2. The Bertz CT molecular complexity index is 1080. The topological polar surface area (TPSA) is 112 Å². The van der Waals surface area contributed by atoms with E-state index in [0.29, 0.717) is 11.5 Å². The van der Waals surface area contributed by atoms with E-state index in [1.54, 1.807) is 18.2 Å². The van der Waals surface area contributed by atoms with Gasteiger partial charge in [-0.2, -0.15) is 17.6 Å². The van der Waals surface area contributed by atoms with Gasteiger partial charge in [0, 0.05) is 12.3 Å². The summed E-state index contributed by atoms with van der Waals surface area (Å²) in [6.07, 6.45) is 3.94. The van der Waals surface area contributed by atoms with Crippen LogP contribution in [0.5, 0.6) is 11.5 Å². The number of aromatic nitrogens is 3. The number of fused-ring (bicyclic) bond motifs is 1. The first kappa shape index (κ1) is 16.1. The molecule has 0 spiro atoms. The zero-order valence-corrected chi connectivity index (χ0v) is 14.0. The number of benzene rings is 1. The SMILES string of the molecule is O=C(Nc1cnn(S(=O)(=O)c2ccc3c(c2)OCO3)c1)c1ccccn1. The lowest BCUT2D eigenvalue weighted by atomic mass is 10.3. The molecule has 1 aliphatic heterocycles. The van der Waals surface area contributed by atoms with E-state index in [4.69, 9.17) is 9.47 Å². The molecule has 1 N–H and O–H groups in total. The van der Waals surface area contributed by atoms with Crippen molar-refractivity contribution in [2.45, 2.75) is 4.90 Å². The van der Waals surface area contributed by atoms with E-state index < -0.39 is 15.9 Å². The fourth-order valence-electron chi connectivity index (χ4n) is 2.34. The Morgan fingerprint density at radius 1 is 1.15 bits per heavy atom. The van der Waals surface area contributed by atoms with Gasteiger partial charge in [0.05, 0.1) is 23.0 Å². The summed E-state index contributed by atoms with van der Waals surface area (Å²) in [4.78, 5) is 16.0. The van der Waals surface area contributed by atoms with Crippen molar-refractivity contribution in [2.24, 2.45) is 0 Å². The molecule has 9 nitrogen and oxygen atoms in total. The van der Waals surface area contributed by atoms with Gasteiger partial charge in [-0.25, -0.2) is 0 Å². The Morgan fingerprint density at radius 2 is 2.00 bits per heavy atom. The van der Waals surface area contributed by atoms with Crippen LogP contribution in [-0.4, -0.2) is 35.3 Å². The van der Waals surface area contributed by atoms with Crippen molar-refractivity contribution in [1.29, 1.82) is 0 Å². The lowest BCUT2D eigenvalue weighted by Gasteiger charge is -2.05. The van der Waals surface area contributed by atoms with Crippen LogP contribution in [0.2, 0.25) is 0 Å². The van der Waals surface area contributed by atoms with Crippen molar-refractivity contribution in [3.8, 4) is 11.5 Å². The predicted molar refractivity (Wildman–Crippen MR) is 89.6 cm³/mol. The minimum atomic E-state index is -3.94. The van der Waals surface area contributed by atoms with Crippen molar-refractivity contribution in [3.05, 3.63) is 60.7 Å². The molecule has 1 amide bonds. The second-order valence-corrected chi connectivity index (χ2v) is 7.09. The van der Waals surface area contributed by atoms with E-state index in [1.165, 1.54) is 36.8 Å². The van der Waals surface area contributed by atoms with Crippen molar-refractivity contribution in [1.82, 2.24) is 14.2 Å². The number of nitrogens with zero attached hydrogens (tertiary/aromatic N) is 3. The van der Waals surface area contributed by atoms with E-state index >= 15 is 0 Å². The van der Waals surface area contributed by atoms with Crippen LogP contribution in [-0.2, 0) is 10.0 Å². The third-order valence-electron chi connectivity index (χ3n) is 3.60. The van der Waals surface area contributed by atoms with Crippen LogP contribution in [0.4, 0.5) is 5.69 Å². The first-order chi connectivity index (χ1) is 12.5. The number of ether oxygens (including phenoxy) is 2. The molecule has 0 fully saturated rings. The van der Waals surface area contributed by atoms with Crippen LogP contribution in [0.15, 0.2) is 59.9 Å². The third-order valence-corrected chi connectivity index (χ3v) is 5.15. The summed E-state index contributed by atoms with van der Waals surface area (Å²) in [5.74, 6) is 0.361. The summed E-state index contributed by atoms with van der Waals surface area (Å²) in [6, 6.07) is 9.19. The van der Waals surface area contributed by atoms with Gasteiger partial charge in [0.2, 0.25) is 6.79 Å². The number of hydrogen-bond donors (Lipinski definition) is 1. The monoisotopic (exact) mass is 372 g/mol. The molecule has 0 saturated heterocycles. The molecule has 0 unspecified atom stereocenters. The molecule has 4 rings (SSSR count). The Labute approximate surface area is 148 Å². The second-order valence-electron chi connectivity index (χ2n) is 5.29. The molecule has 0 bridgehead atoms. The van der Waals surface area contributed by atoms with Crippen molar-refractivity contribution < 1.29 is 22.7 Å². The lowest BCUT2D eigenvalue weighted by Crippen LogP contribution is -2.14. The van der Waals surface area contributed by atoms with Gasteiger partial charge in [0.1, 0.15) is 5.69 Å². The van der Waals surface area contributed by atoms with Gasteiger partial charge in [0.15, 0.2) is 11.5 Å². The summed E-state index contributed by atoms with van der Waals surface area (Å²) in [7, 11) is -3.94. The van der Waals surface area contributed by atoms with Crippen molar-refractivity contribution >= 4 is 21.6 Å². The molecule has 26 heavy (non-hydrogen) atoms. The van der Waals surface area contributed by atoms with Crippen LogP contribution < -0.4 is 14.8 Å². The van der Waals surface area contributed by atoms with E-state index in [9.17, 15) is 13.2 Å². The zero-order chi connectivity index (χ0) is 18.1. The normalized spacial score (nSPS) is 12.8. The average Bonchev–Trinajstić information content (AvgIpc) is 3.31. The number of hydrogen-bond acceptors (Lipinski definition) is 7. The Morgan fingerprint density at radius 3 is 2.81 bits per heavy atom. The van der Waals surface area contributed by atoms with Gasteiger partial charge in [-0.3, -0.25) is 9.78 Å².